The van der Waals surface area contributed by atoms with Crippen LogP contribution in [0.2, 0.25) is 0 Å². The molecule has 1 N–H and O–H groups in total. The van der Waals surface area contributed by atoms with Gasteiger partial charge < -0.3 is 5.32 Å². The first-order valence-electron chi connectivity index (χ1n) is 4.07. The number of amides is 1. The highest BCUT2D eigenvalue weighted by Gasteiger charge is 2.11. The zero-order chi connectivity index (χ0) is 11.5. The van der Waals surface area contributed by atoms with Crippen molar-refractivity contribution < 1.29 is 4.79 Å². The molecule has 2 rings (SSSR count). The maximum atomic E-state index is 11.6. The van der Waals surface area contributed by atoms with Crippen molar-refractivity contribution in [3.05, 3.63) is 33.1 Å². The van der Waals surface area contributed by atoms with Crippen LogP contribution in [0.1, 0.15) is 10.5 Å². The van der Waals surface area contributed by atoms with Gasteiger partial charge in [0.2, 0.25) is 0 Å². The lowest BCUT2D eigenvalue weighted by Crippen LogP contribution is -2.13. The minimum absolute atomic E-state index is 0.279. The Morgan fingerprint density at radius 1 is 1.38 bits per heavy atom. The molecule has 0 fully saturated rings. The van der Waals surface area contributed by atoms with E-state index in [1.165, 1.54) is 6.20 Å². The molecule has 0 saturated carbocycles. The van der Waals surface area contributed by atoms with Crippen LogP contribution in [0.15, 0.2) is 27.4 Å². The van der Waals surface area contributed by atoms with E-state index in [0.717, 1.165) is 16.2 Å². The number of rotatable bonds is 2. The second-order valence-corrected chi connectivity index (χ2v) is 5.06. The maximum absolute atomic E-state index is 11.6. The first kappa shape index (κ1) is 11.6. The third-order valence-electron chi connectivity index (χ3n) is 1.63. The molecule has 0 aromatic carbocycles. The number of carbonyl (C=O) groups excluding carboxylic acids is 1. The van der Waals surface area contributed by atoms with Gasteiger partial charge in [0.05, 0.1) is 22.4 Å². The van der Waals surface area contributed by atoms with Crippen LogP contribution in [0.4, 0.5) is 5.82 Å². The maximum Gasteiger partial charge on any atom is 0.278 e. The van der Waals surface area contributed by atoms with Crippen molar-refractivity contribution in [2.75, 3.05) is 5.32 Å². The summed E-state index contributed by atoms with van der Waals surface area (Å²) in [5.74, 6) is 0.116. The van der Waals surface area contributed by atoms with Gasteiger partial charge in [-0.05, 0) is 37.9 Å². The van der Waals surface area contributed by atoms with E-state index in [2.05, 4.69) is 50.9 Å². The number of pyridine rings is 1. The van der Waals surface area contributed by atoms with Crippen LogP contribution >= 0.6 is 43.6 Å². The van der Waals surface area contributed by atoms with Crippen molar-refractivity contribution in [3.63, 3.8) is 0 Å². The number of nitrogens with zero attached hydrogens (tertiary/aromatic N) is 3. The number of hydrogen-bond acceptors (Lipinski definition) is 5. The first-order chi connectivity index (χ1) is 7.66. The Balaban J connectivity index is 2.18. The van der Waals surface area contributed by atoms with E-state index >= 15 is 0 Å². The van der Waals surface area contributed by atoms with Gasteiger partial charge in [-0.3, -0.25) is 4.79 Å². The molecule has 0 atom stereocenters. The molecule has 16 heavy (non-hydrogen) atoms. The lowest BCUT2D eigenvalue weighted by Gasteiger charge is -2.04. The molecular weight excluding hydrogens is 360 g/mol. The second-order valence-electron chi connectivity index (χ2n) is 2.73. The van der Waals surface area contributed by atoms with E-state index in [1.807, 2.05) is 0 Å². The highest BCUT2D eigenvalue weighted by molar-refractivity contribution is 9.11. The Bertz CT molecular complexity index is 517. The largest absolute Gasteiger partial charge is 0.304 e. The van der Waals surface area contributed by atoms with Gasteiger partial charge in [0, 0.05) is 10.7 Å². The fraction of sp³-hybridized carbons (Fsp3) is 0. The van der Waals surface area contributed by atoms with E-state index in [4.69, 9.17) is 0 Å². The predicted octanol–water partition coefficient (Wildman–Crippen LogP) is 2.71. The average Bonchev–Trinajstić information content (AvgIpc) is 2.75. The summed E-state index contributed by atoms with van der Waals surface area (Å²) in [5, 5.41) is 2.63. The van der Waals surface area contributed by atoms with Crippen LogP contribution in [-0.2, 0) is 0 Å². The van der Waals surface area contributed by atoms with Gasteiger partial charge in [-0.2, -0.15) is 8.75 Å². The van der Waals surface area contributed by atoms with Crippen LogP contribution < -0.4 is 5.32 Å². The summed E-state index contributed by atoms with van der Waals surface area (Å²) in [7, 11) is 0. The molecule has 82 valence electrons. The summed E-state index contributed by atoms with van der Waals surface area (Å²) in [6, 6.07) is 1.79. The van der Waals surface area contributed by atoms with E-state index < -0.39 is 0 Å². The molecule has 1 amide bonds. The Hall–Kier alpha value is -0.860. The van der Waals surface area contributed by atoms with Crippen molar-refractivity contribution in [3.8, 4) is 0 Å². The standard InChI is InChI=1S/C8H4Br2N4OS/c9-4-1-5(10)7(11-2-4)13-8(15)6-3-12-16-14-6/h1-3H,(H,11,13,15). The lowest BCUT2D eigenvalue weighted by molar-refractivity contribution is 0.102. The molecule has 0 saturated heterocycles. The summed E-state index contributed by atoms with van der Waals surface area (Å²) >= 11 is 7.56. The van der Waals surface area contributed by atoms with Crippen molar-refractivity contribution >= 4 is 55.3 Å². The van der Waals surface area contributed by atoms with Crippen LogP contribution in [0.3, 0.4) is 0 Å². The molecule has 0 aliphatic heterocycles. The summed E-state index contributed by atoms with van der Waals surface area (Å²) < 4.78 is 9.10. The molecule has 0 radical (unpaired) electrons. The first-order valence-corrected chi connectivity index (χ1v) is 6.38. The normalized spacial score (nSPS) is 10.1. The highest BCUT2D eigenvalue weighted by Crippen LogP contribution is 2.23. The Kier molecular flexibility index (Phi) is 3.62. The minimum Gasteiger partial charge on any atom is -0.304 e. The molecule has 8 heteroatoms. The van der Waals surface area contributed by atoms with E-state index in [9.17, 15) is 4.79 Å². The van der Waals surface area contributed by atoms with Gasteiger partial charge in [0.25, 0.3) is 5.91 Å². The lowest BCUT2D eigenvalue weighted by atomic mass is 10.4. The fourth-order valence-corrected chi connectivity index (χ4v) is 2.44. The van der Waals surface area contributed by atoms with Crippen molar-refractivity contribution in [1.29, 1.82) is 0 Å². The van der Waals surface area contributed by atoms with E-state index in [1.54, 1.807) is 12.3 Å². The van der Waals surface area contributed by atoms with Crippen molar-refractivity contribution in [2.45, 2.75) is 0 Å². The molecule has 2 aromatic rings. The zero-order valence-corrected chi connectivity index (χ0v) is 11.6. The van der Waals surface area contributed by atoms with Crippen molar-refractivity contribution in [1.82, 2.24) is 13.7 Å². The summed E-state index contributed by atoms with van der Waals surface area (Å²) in [4.78, 5) is 15.7. The van der Waals surface area contributed by atoms with Gasteiger partial charge in [-0.1, -0.05) is 0 Å². The Morgan fingerprint density at radius 2 is 2.19 bits per heavy atom. The van der Waals surface area contributed by atoms with Crippen LogP contribution in [0.5, 0.6) is 0 Å². The molecule has 2 aromatic heterocycles. The SMILES string of the molecule is O=C(Nc1ncc(Br)cc1Br)c1cnsn1. The van der Waals surface area contributed by atoms with Gasteiger partial charge in [-0.15, -0.1) is 0 Å². The minimum atomic E-state index is -0.329. The molecule has 0 aliphatic carbocycles. The topological polar surface area (TPSA) is 67.8 Å². The average molecular weight is 364 g/mol. The third-order valence-corrected chi connectivity index (χ3v) is 3.15. The second kappa shape index (κ2) is 4.98. The van der Waals surface area contributed by atoms with E-state index in [0.29, 0.717) is 10.3 Å². The molecule has 2 heterocycles. The van der Waals surface area contributed by atoms with Crippen LogP contribution in [0.25, 0.3) is 0 Å². The fourth-order valence-electron chi connectivity index (χ4n) is 0.943. The molecule has 0 spiro atoms. The Morgan fingerprint density at radius 3 is 2.81 bits per heavy atom. The number of aromatic nitrogens is 3. The van der Waals surface area contributed by atoms with Crippen LogP contribution in [0, 0.1) is 0 Å². The van der Waals surface area contributed by atoms with E-state index in [-0.39, 0.29) is 11.6 Å². The molecule has 0 bridgehead atoms. The van der Waals surface area contributed by atoms with Crippen LogP contribution in [-0.4, -0.2) is 19.6 Å². The summed E-state index contributed by atoms with van der Waals surface area (Å²) in [6.45, 7) is 0. The summed E-state index contributed by atoms with van der Waals surface area (Å²) in [5.41, 5.74) is 0.279. The molecule has 0 unspecified atom stereocenters. The zero-order valence-electron chi connectivity index (χ0n) is 7.65. The van der Waals surface area contributed by atoms with Gasteiger partial charge in [0.1, 0.15) is 5.82 Å². The molecule has 5 nitrogen and oxygen atoms in total. The smallest absolute Gasteiger partial charge is 0.278 e. The van der Waals surface area contributed by atoms with Gasteiger partial charge >= 0.3 is 0 Å². The third kappa shape index (κ3) is 2.63. The monoisotopic (exact) mass is 362 g/mol. The number of hydrogen-bond donors (Lipinski definition) is 1. The molecule has 0 aliphatic rings. The number of nitrogens with one attached hydrogen (secondary N) is 1. The summed E-state index contributed by atoms with van der Waals surface area (Å²) in [6.07, 6.45) is 3.01. The number of halogens is 2. The highest BCUT2D eigenvalue weighted by atomic mass is 79.9. The molecular formula is C8H4Br2N4OS. The number of anilines is 1. The quantitative estimate of drug-likeness (QED) is 0.890. The van der Waals surface area contributed by atoms with Crippen molar-refractivity contribution in [2.24, 2.45) is 0 Å². The van der Waals surface area contributed by atoms with Gasteiger partial charge in [-0.25, -0.2) is 4.98 Å². The Labute approximate surface area is 112 Å². The van der Waals surface area contributed by atoms with Gasteiger partial charge in [0.15, 0.2) is 5.69 Å². The predicted molar refractivity (Wildman–Crippen MR) is 67.5 cm³/mol. The number of carbonyl (C=O) groups is 1.